The maximum atomic E-state index is 6.16. The minimum Gasteiger partial charge on any atom is -0.465 e. The Balaban J connectivity index is 1.86. The quantitative estimate of drug-likeness (QED) is 0.444. The van der Waals surface area contributed by atoms with Crippen LogP contribution in [0.3, 0.4) is 0 Å². The van der Waals surface area contributed by atoms with Gasteiger partial charge in [0.25, 0.3) is 0 Å². The zero-order chi connectivity index (χ0) is 17.2. The first kappa shape index (κ1) is 19.3. The fourth-order valence-corrected chi connectivity index (χ4v) is 3.41. The Morgan fingerprint density at radius 1 is 1.04 bits per heavy atom. The first-order valence-corrected chi connectivity index (χ1v) is 10.1. The van der Waals surface area contributed by atoms with E-state index in [0.29, 0.717) is 5.92 Å². The summed E-state index contributed by atoms with van der Waals surface area (Å²) >= 11 is 0. The average Bonchev–Trinajstić information content (AvgIpc) is 2.64. The molecule has 0 amide bonds. The number of unbranched alkanes of at least 4 members (excludes halogenated alkanes) is 1. The van der Waals surface area contributed by atoms with Gasteiger partial charge < -0.3 is 9.47 Å². The molecule has 1 aromatic carbocycles. The molecule has 2 nitrogen and oxygen atoms in total. The van der Waals surface area contributed by atoms with Crippen LogP contribution in [0, 0.1) is 5.92 Å². The molecule has 0 saturated heterocycles. The minimum absolute atomic E-state index is 0.0960. The molecule has 0 bridgehead atoms. The molecule has 0 spiro atoms. The summed E-state index contributed by atoms with van der Waals surface area (Å²) in [5, 5.41) is 0. The Labute approximate surface area is 148 Å². The van der Waals surface area contributed by atoms with Crippen molar-refractivity contribution in [3.05, 3.63) is 29.8 Å². The van der Waals surface area contributed by atoms with Gasteiger partial charge in [-0.15, -0.1) is 0 Å². The number of ether oxygens (including phenoxy) is 2. The second-order valence-corrected chi connectivity index (χ2v) is 7.41. The van der Waals surface area contributed by atoms with Crippen LogP contribution in [0.25, 0.3) is 0 Å². The molecule has 2 rings (SSSR count). The van der Waals surface area contributed by atoms with Gasteiger partial charge >= 0.3 is 0 Å². The molecular weight excluding hydrogens is 296 g/mol. The molecule has 1 aliphatic rings. The third-order valence-electron chi connectivity index (χ3n) is 5.36. The fourth-order valence-electron chi connectivity index (χ4n) is 3.41. The largest absolute Gasteiger partial charge is 0.465 e. The summed E-state index contributed by atoms with van der Waals surface area (Å²) < 4.78 is 12.3. The number of rotatable bonds is 10. The standard InChI is InChI=1S/C22H36O2/c1-4-6-12-22(23-17-19-10-8-7-9-11-19)24-21-15-13-20(14-16-21)18(3)5-2/h13-16,18-19,22H,4-12,17H2,1-3H3. The van der Waals surface area contributed by atoms with E-state index >= 15 is 0 Å². The molecule has 1 saturated carbocycles. The SMILES string of the molecule is CCCCC(OCC1CCCCC1)Oc1ccc(C(C)CC)cc1. The third-order valence-corrected chi connectivity index (χ3v) is 5.36. The van der Waals surface area contributed by atoms with Crippen LogP contribution in [-0.4, -0.2) is 12.9 Å². The van der Waals surface area contributed by atoms with Gasteiger partial charge in [-0.2, -0.15) is 0 Å². The van der Waals surface area contributed by atoms with Crippen LogP contribution in [0.4, 0.5) is 0 Å². The fraction of sp³-hybridized carbons (Fsp3) is 0.727. The van der Waals surface area contributed by atoms with E-state index in [0.717, 1.165) is 31.1 Å². The first-order chi connectivity index (χ1) is 11.7. The van der Waals surface area contributed by atoms with Crippen LogP contribution < -0.4 is 4.74 Å². The van der Waals surface area contributed by atoms with Gasteiger partial charge in [0.15, 0.2) is 6.29 Å². The second kappa shape index (κ2) is 10.8. The van der Waals surface area contributed by atoms with Crippen LogP contribution in [-0.2, 0) is 4.74 Å². The molecule has 0 heterocycles. The van der Waals surface area contributed by atoms with Gasteiger partial charge in [0.2, 0.25) is 0 Å². The summed E-state index contributed by atoms with van der Waals surface area (Å²) in [5.41, 5.74) is 1.39. The number of hydrogen-bond donors (Lipinski definition) is 0. The highest BCUT2D eigenvalue weighted by atomic mass is 16.7. The first-order valence-electron chi connectivity index (χ1n) is 10.1. The topological polar surface area (TPSA) is 18.5 Å². The molecule has 24 heavy (non-hydrogen) atoms. The lowest BCUT2D eigenvalue weighted by molar-refractivity contribution is -0.0992. The molecule has 2 heteroatoms. The van der Waals surface area contributed by atoms with Crippen molar-refractivity contribution in [1.29, 1.82) is 0 Å². The minimum atomic E-state index is -0.0960. The summed E-state index contributed by atoms with van der Waals surface area (Å²) in [4.78, 5) is 0. The van der Waals surface area contributed by atoms with Crippen LogP contribution in [0.2, 0.25) is 0 Å². The molecule has 1 aromatic rings. The Kier molecular flexibility index (Phi) is 8.66. The van der Waals surface area contributed by atoms with E-state index in [4.69, 9.17) is 9.47 Å². The highest BCUT2D eigenvalue weighted by molar-refractivity contribution is 5.29. The Bertz CT molecular complexity index is 434. The van der Waals surface area contributed by atoms with E-state index in [9.17, 15) is 0 Å². The van der Waals surface area contributed by atoms with E-state index in [1.54, 1.807) is 0 Å². The summed E-state index contributed by atoms with van der Waals surface area (Å²) in [6.07, 6.45) is 11.2. The van der Waals surface area contributed by atoms with Gasteiger partial charge in [-0.3, -0.25) is 0 Å². The van der Waals surface area contributed by atoms with Crippen molar-refractivity contribution in [3.63, 3.8) is 0 Å². The molecule has 0 aromatic heterocycles. The molecule has 0 radical (unpaired) electrons. The van der Waals surface area contributed by atoms with Crippen molar-refractivity contribution < 1.29 is 9.47 Å². The van der Waals surface area contributed by atoms with Gasteiger partial charge in [0.1, 0.15) is 5.75 Å². The molecule has 0 aliphatic heterocycles. The van der Waals surface area contributed by atoms with Crippen LogP contribution in [0.1, 0.15) is 90.0 Å². The van der Waals surface area contributed by atoms with Gasteiger partial charge in [-0.1, -0.05) is 58.6 Å². The summed E-state index contributed by atoms with van der Waals surface area (Å²) in [6.45, 7) is 7.58. The highest BCUT2D eigenvalue weighted by Crippen LogP contribution is 2.26. The predicted molar refractivity (Wildman–Crippen MR) is 102 cm³/mol. The van der Waals surface area contributed by atoms with Gasteiger partial charge in [0.05, 0.1) is 6.61 Å². The molecule has 136 valence electrons. The van der Waals surface area contributed by atoms with Crippen molar-refractivity contribution in [1.82, 2.24) is 0 Å². The summed E-state index contributed by atoms with van der Waals surface area (Å²) in [5.74, 6) is 2.28. The van der Waals surface area contributed by atoms with Crippen molar-refractivity contribution >= 4 is 0 Å². The van der Waals surface area contributed by atoms with E-state index < -0.39 is 0 Å². The molecule has 0 N–H and O–H groups in total. The maximum Gasteiger partial charge on any atom is 0.199 e. The van der Waals surface area contributed by atoms with Gasteiger partial charge in [-0.05, 0) is 55.2 Å². The summed E-state index contributed by atoms with van der Waals surface area (Å²) in [6, 6.07) is 8.60. The maximum absolute atomic E-state index is 6.16. The smallest absolute Gasteiger partial charge is 0.199 e. The van der Waals surface area contributed by atoms with Crippen LogP contribution in [0.15, 0.2) is 24.3 Å². The monoisotopic (exact) mass is 332 g/mol. The zero-order valence-electron chi connectivity index (χ0n) is 15.9. The Hall–Kier alpha value is -1.02. The molecule has 2 unspecified atom stereocenters. The molecule has 2 atom stereocenters. The lowest BCUT2D eigenvalue weighted by Gasteiger charge is -2.25. The number of benzene rings is 1. The van der Waals surface area contributed by atoms with Gasteiger partial charge in [-0.25, -0.2) is 0 Å². The highest BCUT2D eigenvalue weighted by Gasteiger charge is 2.17. The summed E-state index contributed by atoms with van der Waals surface area (Å²) in [7, 11) is 0. The second-order valence-electron chi connectivity index (χ2n) is 7.41. The zero-order valence-corrected chi connectivity index (χ0v) is 15.9. The van der Waals surface area contributed by atoms with E-state index in [1.807, 2.05) is 0 Å². The van der Waals surface area contributed by atoms with Crippen LogP contribution >= 0.6 is 0 Å². The number of hydrogen-bond acceptors (Lipinski definition) is 2. The predicted octanol–water partition coefficient (Wildman–Crippen LogP) is 6.69. The van der Waals surface area contributed by atoms with Crippen molar-refractivity contribution in [2.24, 2.45) is 5.92 Å². The van der Waals surface area contributed by atoms with E-state index in [1.165, 1.54) is 50.5 Å². The van der Waals surface area contributed by atoms with Crippen molar-refractivity contribution in [3.8, 4) is 5.75 Å². The molecule has 1 fully saturated rings. The van der Waals surface area contributed by atoms with Crippen molar-refractivity contribution in [2.75, 3.05) is 6.61 Å². The van der Waals surface area contributed by atoms with E-state index in [-0.39, 0.29) is 6.29 Å². The molecule has 1 aliphatic carbocycles. The third kappa shape index (κ3) is 6.47. The van der Waals surface area contributed by atoms with Gasteiger partial charge in [0, 0.05) is 6.42 Å². The Morgan fingerprint density at radius 2 is 1.75 bits per heavy atom. The lowest BCUT2D eigenvalue weighted by Crippen LogP contribution is -2.25. The Morgan fingerprint density at radius 3 is 2.38 bits per heavy atom. The van der Waals surface area contributed by atoms with Crippen LogP contribution in [0.5, 0.6) is 5.75 Å². The lowest BCUT2D eigenvalue weighted by atomic mass is 9.90. The molecular formula is C22H36O2. The van der Waals surface area contributed by atoms with Crippen molar-refractivity contribution in [2.45, 2.75) is 90.8 Å². The normalized spacial score (nSPS) is 18.3. The van der Waals surface area contributed by atoms with E-state index in [2.05, 4.69) is 45.0 Å². The average molecular weight is 333 g/mol.